The van der Waals surface area contributed by atoms with E-state index in [9.17, 15) is 4.79 Å². The summed E-state index contributed by atoms with van der Waals surface area (Å²) in [5, 5.41) is 8.95. The number of hydrogen-bond donors (Lipinski definition) is 1. The van der Waals surface area contributed by atoms with Gasteiger partial charge >= 0.3 is 5.97 Å². The van der Waals surface area contributed by atoms with E-state index in [0.717, 1.165) is 26.1 Å². The average molecular weight is 224 g/mol. The molecule has 3 fully saturated rings. The average Bonchev–Trinajstić information content (AvgIpc) is 3.08. The van der Waals surface area contributed by atoms with Gasteiger partial charge in [-0.1, -0.05) is 6.42 Å². The Hall–Kier alpha value is -0.610. The molecule has 0 spiro atoms. The minimum atomic E-state index is -0.601. The molecule has 3 aliphatic rings. The fourth-order valence-corrected chi connectivity index (χ4v) is 3.33. The van der Waals surface area contributed by atoms with E-state index in [1.807, 2.05) is 0 Å². The summed E-state index contributed by atoms with van der Waals surface area (Å²) in [6, 6.07) is 1.05. The Morgan fingerprint density at radius 2 is 1.94 bits per heavy atom. The molecule has 0 amide bonds. The Bertz CT molecular complexity index is 295. The van der Waals surface area contributed by atoms with Crippen molar-refractivity contribution in [1.29, 1.82) is 0 Å². The van der Waals surface area contributed by atoms with Gasteiger partial charge in [0.1, 0.15) is 0 Å². The van der Waals surface area contributed by atoms with Gasteiger partial charge in [-0.15, -0.1) is 0 Å². The first kappa shape index (κ1) is 10.5. The quantitative estimate of drug-likeness (QED) is 0.747. The zero-order chi connectivity index (χ0) is 11.1. The summed E-state index contributed by atoms with van der Waals surface area (Å²) in [6.45, 7) is 4.58. The first-order valence-corrected chi connectivity index (χ1v) is 6.46. The maximum atomic E-state index is 10.9. The molecular formula is C12H20N2O2. The van der Waals surface area contributed by atoms with Crippen LogP contribution < -0.4 is 0 Å². The van der Waals surface area contributed by atoms with Crippen LogP contribution >= 0.6 is 0 Å². The van der Waals surface area contributed by atoms with Crippen LogP contribution in [0.1, 0.15) is 25.7 Å². The van der Waals surface area contributed by atoms with Crippen LogP contribution in [0.3, 0.4) is 0 Å². The molecule has 0 aromatic rings. The fraction of sp³-hybridized carbons (Fsp3) is 0.917. The third-order valence-corrected chi connectivity index (χ3v) is 4.41. The third-order valence-electron chi connectivity index (χ3n) is 4.41. The molecule has 1 N–H and O–H groups in total. The standard InChI is InChI=1S/C12H20N2O2/c15-12(16)10-7-11(10)14-6-5-13-4-2-1-3-9(13)8-14/h9-11H,1-8H2,(H,15,16). The molecule has 3 unspecified atom stereocenters. The molecule has 4 heteroatoms. The Balaban J connectivity index is 1.57. The molecule has 2 saturated heterocycles. The van der Waals surface area contributed by atoms with Crippen molar-refractivity contribution in [3.05, 3.63) is 0 Å². The Kier molecular flexibility index (Phi) is 2.64. The molecule has 90 valence electrons. The summed E-state index contributed by atoms with van der Waals surface area (Å²) in [5.74, 6) is -0.675. The SMILES string of the molecule is O=C(O)C1CC1N1CCN2CCCCC2C1. The van der Waals surface area contributed by atoms with Crippen LogP contribution in [-0.4, -0.2) is 59.1 Å². The van der Waals surface area contributed by atoms with E-state index < -0.39 is 5.97 Å². The number of nitrogens with zero attached hydrogens (tertiary/aromatic N) is 2. The van der Waals surface area contributed by atoms with Gasteiger partial charge in [0, 0.05) is 31.7 Å². The predicted octanol–water partition coefficient (Wildman–Crippen LogP) is 0.630. The molecule has 1 saturated carbocycles. The minimum Gasteiger partial charge on any atom is -0.481 e. The highest BCUT2D eigenvalue weighted by molar-refractivity contribution is 5.74. The van der Waals surface area contributed by atoms with E-state index in [1.54, 1.807) is 0 Å². The molecule has 16 heavy (non-hydrogen) atoms. The topological polar surface area (TPSA) is 43.8 Å². The zero-order valence-corrected chi connectivity index (χ0v) is 9.64. The van der Waals surface area contributed by atoms with Crippen molar-refractivity contribution < 1.29 is 9.90 Å². The molecule has 2 aliphatic heterocycles. The molecule has 2 heterocycles. The lowest BCUT2D eigenvalue weighted by molar-refractivity contribution is -0.139. The normalized spacial score (nSPS) is 40.4. The van der Waals surface area contributed by atoms with Crippen molar-refractivity contribution in [3.63, 3.8) is 0 Å². The van der Waals surface area contributed by atoms with Crippen molar-refractivity contribution >= 4 is 5.97 Å². The Labute approximate surface area is 96.2 Å². The molecule has 0 radical (unpaired) electrons. The van der Waals surface area contributed by atoms with Gasteiger partial charge in [0.05, 0.1) is 5.92 Å². The van der Waals surface area contributed by atoms with Gasteiger partial charge in [0.15, 0.2) is 0 Å². The zero-order valence-electron chi connectivity index (χ0n) is 9.64. The second-order valence-corrected chi connectivity index (χ2v) is 5.43. The lowest BCUT2D eigenvalue weighted by Gasteiger charge is -2.44. The van der Waals surface area contributed by atoms with E-state index in [0.29, 0.717) is 12.1 Å². The molecule has 0 aromatic carbocycles. The highest BCUT2D eigenvalue weighted by atomic mass is 16.4. The fourth-order valence-electron chi connectivity index (χ4n) is 3.33. The van der Waals surface area contributed by atoms with Crippen LogP contribution in [0.5, 0.6) is 0 Å². The largest absolute Gasteiger partial charge is 0.481 e. The van der Waals surface area contributed by atoms with Crippen molar-refractivity contribution in [2.45, 2.75) is 37.8 Å². The summed E-state index contributed by atoms with van der Waals surface area (Å²) in [6.07, 6.45) is 4.88. The Morgan fingerprint density at radius 3 is 2.69 bits per heavy atom. The molecule has 0 bridgehead atoms. The van der Waals surface area contributed by atoms with Crippen LogP contribution in [-0.2, 0) is 4.79 Å². The lowest BCUT2D eigenvalue weighted by atomic mass is 9.99. The third kappa shape index (κ3) is 1.84. The number of carboxylic acid groups (broad SMARTS) is 1. The van der Waals surface area contributed by atoms with E-state index in [2.05, 4.69) is 9.80 Å². The number of rotatable bonds is 2. The number of aliphatic carboxylic acids is 1. The van der Waals surface area contributed by atoms with Gasteiger partial charge in [-0.3, -0.25) is 14.6 Å². The maximum absolute atomic E-state index is 10.9. The maximum Gasteiger partial charge on any atom is 0.308 e. The second kappa shape index (κ2) is 4.00. The highest BCUT2D eigenvalue weighted by Crippen LogP contribution is 2.37. The molecular weight excluding hydrogens is 204 g/mol. The van der Waals surface area contributed by atoms with Crippen molar-refractivity contribution in [3.8, 4) is 0 Å². The number of piperazine rings is 1. The molecule has 3 atom stereocenters. The number of hydrogen-bond acceptors (Lipinski definition) is 3. The number of fused-ring (bicyclic) bond motifs is 1. The number of carbonyl (C=O) groups is 1. The van der Waals surface area contributed by atoms with E-state index >= 15 is 0 Å². The van der Waals surface area contributed by atoms with E-state index in [1.165, 1.54) is 25.8 Å². The summed E-state index contributed by atoms with van der Waals surface area (Å²) in [4.78, 5) is 15.9. The highest BCUT2D eigenvalue weighted by Gasteiger charge is 2.48. The lowest BCUT2D eigenvalue weighted by Crippen LogP contribution is -2.55. The summed E-state index contributed by atoms with van der Waals surface area (Å²) < 4.78 is 0. The van der Waals surface area contributed by atoms with E-state index in [-0.39, 0.29) is 5.92 Å². The number of piperidine rings is 1. The first-order valence-electron chi connectivity index (χ1n) is 6.46. The van der Waals surface area contributed by atoms with Crippen LogP contribution in [0, 0.1) is 5.92 Å². The van der Waals surface area contributed by atoms with Crippen molar-refractivity contribution in [2.75, 3.05) is 26.2 Å². The monoisotopic (exact) mass is 224 g/mol. The number of carboxylic acids is 1. The van der Waals surface area contributed by atoms with Gasteiger partial charge in [-0.2, -0.15) is 0 Å². The minimum absolute atomic E-state index is 0.0739. The van der Waals surface area contributed by atoms with E-state index in [4.69, 9.17) is 5.11 Å². The molecule has 1 aliphatic carbocycles. The van der Waals surface area contributed by atoms with Gasteiger partial charge in [0.2, 0.25) is 0 Å². The smallest absolute Gasteiger partial charge is 0.308 e. The second-order valence-electron chi connectivity index (χ2n) is 5.43. The van der Waals surface area contributed by atoms with Crippen LogP contribution in [0.4, 0.5) is 0 Å². The first-order chi connectivity index (χ1) is 7.75. The Morgan fingerprint density at radius 1 is 1.12 bits per heavy atom. The van der Waals surface area contributed by atoms with Crippen molar-refractivity contribution in [2.24, 2.45) is 5.92 Å². The van der Waals surface area contributed by atoms with Gasteiger partial charge in [-0.25, -0.2) is 0 Å². The van der Waals surface area contributed by atoms with Crippen LogP contribution in [0.25, 0.3) is 0 Å². The van der Waals surface area contributed by atoms with Crippen LogP contribution in [0.15, 0.2) is 0 Å². The van der Waals surface area contributed by atoms with Crippen LogP contribution in [0.2, 0.25) is 0 Å². The molecule has 0 aromatic heterocycles. The summed E-state index contributed by atoms with van der Waals surface area (Å²) >= 11 is 0. The molecule has 3 rings (SSSR count). The van der Waals surface area contributed by atoms with Gasteiger partial charge < -0.3 is 5.11 Å². The summed E-state index contributed by atoms with van der Waals surface area (Å²) in [7, 11) is 0. The van der Waals surface area contributed by atoms with Crippen molar-refractivity contribution in [1.82, 2.24) is 9.80 Å². The summed E-state index contributed by atoms with van der Waals surface area (Å²) in [5.41, 5.74) is 0. The molecule has 4 nitrogen and oxygen atoms in total. The van der Waals surface area contributed by atoms with Gasteiger partial charge in [-0.05, 0) is 25.8 Å². The predicted molar refractivity (Wildman–Crippen MR) is 60.3 cm³/mol. The van der Waals surface area contributed by atoms with Gasteiger partial charge in [0.25, 0.3) is 0 Å².